The molecule has 3 rings (SSSR count). The summed E-state index contributed by atoms with van der Waals surface area (Å²) in [7, 11) is 0. The van der Waals surface area contributed by atoms with Crippen LogP contribution in [-0.2, 0) is 11.2 Å². The van der Waals surface area contributed by atoms with E-state index in [4.69, 9.17) is 0 Å². The van der Waals surface area contributed by atoms with Crippen molar-refractivity contribution in [1.82, 2.24) is 9.78 Å². The summed E-state index contributed by atoms with van der Waals surface area (Å²) in [5, 5.41) is 7.59. The van der Waals surface area contributed by atoms with Gasteiger partial charge in [-0.05, 0) is 56.7 Å². The first-order valence-electron chi connectivity index (χ1n) is 8.12. The standard InChI is InChI=1S/C20H20BrN3O/c1-13-11-16(21)9-10-19(13)22-20(25)12-18-14(2)23-24(15(18)3)17-7-5-4-6-8-17/h4-11H,12H2,1-3H3,(H,22,25). The van der Waals surface area contributed by atoms with Crippen LogP contribution in [0.3, 0.4) is 0 Å². The van der Waals surface area contributed by atoms with Crippen molar-refractivity contribution in [3.63, 3.8) is 0 Å². The second-order valence-corrected chi connectivity index (χ2v) is 7.00. The molecule has 1 aromatic heterocycles. The minimum absolute atomic E-state index is 0.0377. The third-order valence-electron chi connectivity index (χ3n) is 4.24. The van der Waals surface area contributed by atoms with Crippen LogP contribution in [0.4, 0.5) is 5.69 Å². The third kappa shape index (κ3) is 3.82. The van der Waals surface area contributed by atoms with Crippen LogP contribution in [0.25, 0.3) is 5.69 Å². The molecule has 4 nitrogen and oxygen atoms in total. The summed E-state index contributed by atoms with van der Waals surface area (Å²) in [5.74, 6) is -0.0377. The van der Waals surface area contributed by atoms with Gasteiger partial charge in [-0.25, -0.2) is 4.68 Å². The Morgan fingerprint density at radius 2 is 1.84 bits per heavy atom. The van der Waals surface area contributed by atoms with Gasteiger partial charge in [-0.3, -0.25) is 4.79 Å². The average Bonchev–Trinajstić information content (AvgIpc) is 2.86. The number of para-hydroxylation sites is 1. The normalized spacial score (nSPS) is 10.7. The maximum absolute atomic E-state index is 12.5. The highest BCUT2D eigenvalue weighted by Crippen LogP contribution is 2.22. The number of benzene rings is 2. The van der Waals surface area contributed by atoms with Crippen molar-refractivity contribution in [2.45, 2.75) is 27.2 Å². The Balaban J connectivity index is 1.81. The zero-order valence-corrected chi connectivity index (χ0v) is 16.1. The summed E-state index contributed by atoms with van der Waals surface area (Å²) in [6.07, 6.45) is 0.306. The predicted octanol–water partition coefficient (Wildman–Crippen LogP) is 4.74. The topological polar surface area (TPSA) is 46.9 Å². The fourth-order valence-corrected chi connectivity index (χ4v) is 3.35. The van der Waals surface area contributed by atoms with E-state index in [9.17, 15) is 4.79 Å². The van der Waals surface area contributed by atoms with Gasteiger partial charge in [-0.15, -0.1) is 0 Å². The van der Waals surface area contributed by atoms with E-state index in [0.717, 1.165) is 38.4 Å². The molecule has 0 aliphatic rings. The summed E-state index contributed by atoms with van der Waals surface area (Å²) in [4.78, 5) is 12.5. The minimum Gasteiger partial charge on any atom is -0.326 e. The maximum Gasteiger partial charge on any atom is 0.228 e. The number of anilines is 1. The molecule has 3 aromatic rings. The highest BCUT2D eigenvalue weighted by Gasteiger charge is 2.16. The Bertz CT molecular complexity index is 916. The summed E-state index contributed by atoms with van der Waals surface area (Å²) in [5.41, 5.74) is 5.69. The molecule has 0 aliphatic carbocycles. The van der Waals surface area contributed by atoms with Crippen LogP contribution in [0, 0.1) is 20.8 Å². The number of amides is 1. The number of hydrogen-bond acceptors (Lipinski definition) is 2. The monoisotopic (exact) mass is 397 g/mol. The van der Waals surface area contributed by atoms with Gasteiger partial charge in [0.15, 0.2) is 0 Å². The molecule has 0 bridgehead atoms. The Morgan fingerprint density at radius 3 is 2.52 bits per heavy atom. The molecule has 0 radical (unpaired) electrons. The molecule has 0 aliphatic heterocycles. The minimum atomic E-state index is -0.0377. The van der Waals surface area contributed by atoms with Crippen LogP contribution in [0.5, 0.6) is 0 Å². The van der Waals surface area contributed by atoms with E-state index in [2.05, 4.69) is 26.3 Å². The van der Waals surface area contributed by atoms with Crippen molar-refractivity contribution in [1.29, 1.82) is 0 Å². The molecule has 0 saturated heterocycles. The lowest BCUT2D eigenvalue weighted by molar-refractivity contribution is -0.115. The Labute approximate surface area is 156 Å². The van der Waals surface area contributed by atoms with Crippen molar-refractivity contribution in [3.05, 3.63) is 75.5 Å². The average molecular weight is 398 g/mol. The van der Waals surface area contributed by atoms with E-state index in [1.807, 2.05) is 74.0 Å². The van der Waals surface area contributed by atoms with E-state index < -0.39 is 0 Å². The smallest absolute Gasteiger partial charge is 0.228 e. The summed E-state index contributed by atoms with van der Waals surface area (Å²) in [6, 6.07) is 15.8. The third-order valence-corrected chi connectivity index (χ3v) is 4.74. The number of carbonyl (C=O) groups excluding carboxylic acids is 1. The molecule has 2 aromatic carbocycles. The fourth-order valence-electron chi connectivity index (χ4n) is 2.87. The molecule has 0 fully saturated rings. The van der Waals surface area contributed by atoms with E-state index in [-0.39, 0.29) is 5.91 Å². The van der Waals surface area contributed by atoms with Crippen LogP contribution >= 0.6 is 15.9 Å². The lowest BCUT2D eigenvalue weighted by Crippen LogP contribution is -2.16. The van der Waals surface area contributed by atoms with Gasteiger partial charge in [0.2, 0.25) is 5.91 Å². The quantitative estimate of drug-likeness (QED) is 0.690. The van der Waals surface area contributed by atoms with Crippen molar-refractivity contribution in [2.24, 2.45) is 0 Å². The van der Waals surface area contributed by atoms with Gasteiger partial charge < -0.3 is 5.32 Å². The highest BCUT2D eigenvalue weighted by atomic mass is 79.9. The van der Waals surface area contributed by atoms with E-state index in [0.29, 0.717) is 6.42 Å². The predicted molar refractivity (Wildman–Crippen MR) is 104 cm³/mol. The molecule has 1 amide bonds. The molecule has 1 N–H and O–H groups in total. The second-order valence-electron chi connectivity index (χ2n) is 6.08. The van der Waals surface area contributed by atoms with E-state index in [1.165, 1.54) is 0 Å². The van der Waals surface area contributed by atoms with Crippen LogP contribution < -0.4 is 5.32 Å². The number of aryl methyl sites for hydroxylation is 2. The highest BCUT2D eigenvalue weighted by molar-refractivity contribution is 9.10. The van der Waals surface area contributed by atoms with Crippen molar-refractivity contribution >= 4 is 27.5 Å². The molecule has 1 heterocycles. The summed E-state index contributed by atoms with van der Waals surface area (Å²) < 4.78 is 2.89. The molecule has 25 heavy (non-hydrogen) atoms. The molecule has 0 atom stereocenters. The van der Waals surface area contributed by atoms with Crippen LogP contribution in [-0.4, -0.2) is 15.7 Å². The number of hydrogen-bond donors (Lipinski definition) is 1. The van der Waals surface area contributed by atoms with Gasteiger partial charge in [0, 0.05) is 21.4 Å². The van der Waals surface area contributed by atoms with Crippen molar-refractivity contribution < 1.29 is 4.79 Å². The Hall–Kier alpha value is -2.40. The first kappa shape index (κ1) is 17.4. The molecule has 0 saturated carbocycles. The number of carbonyl (C=O) groups is 1. The van der Waals surface area contributed by atoms with Gasteiger partial charge in [-0.2, -0.15) is 5.10 Å². The second kappa shape index (κ2) is 7.23. The van der Waals surface area contributed by atoms with Crippen molar-refractivity contribution in [3.8, 4) is 5.69 Å². The Morgan fingerprint density at radius 1 is 1.12 bits per heavy atom. The van der Waals surface area contributed by atoms with Gasteiger partial charge in [0.05, 0.1) is 17.8 Å². The molecular formula is C20H20BrN3O. The van der Waals surface area contributed by atoms with Crippen molar-refractivity contribution in [2.75, 3.05) is 5.32 Å². The fraction of sp³-hybridized carbons (Fsp3) is 0.200. The van der Waals surface area contributed by atoms with Gasteiger partial charge in [-0.1, -0.05) is 34.1 Å². The lowest BCUT2D eigenvalue weighted by Gasteiger charge is -2.09. The lowest BCUT2D eigenvalue weighted by atomic mass is 10.1. The number of halogens is 1. The van der Waals surface area contributed by atoms with Gasteiger partial charge in [0.1, 0.15) is 0 Å². The number of nitrogens with one attached hydrogen (secondary N) is 1. The summed E-state index contributed by atoms with van der Waals surface area (Å²) in [6.45, 7) is 5.92. The zero-order valence-electron chi connectivity index (χ0n) is 14.5. The molecule has 0 spiro atoms. The van der Waals surface area contributed by atoms with E-state index >= 15 is 0 Å². The molecule has 128 valence electrons. The summed E-state index contributed by atoms with van der Waals surface area (Å²) >= 11 is 3.44. The molecule has 5 heteroatoms. The van der Waals surface area contributed by atoms with Gasteiger partial charge >= 0.3 is 0 Å². The van der Waals surface area contributed by atoms with Crippen LogP contribution in [0.15, 0.2) is 53.0 Å². The maximum atomic E-state index is 12.5. The molecule has 0 unspecified atom stereocenters. The number of rotatable bonds is 4. The largest absolute Gasteiger partial charge is 0.326 e. The first-order chi connectivity index (χ1) is 12.0. The SMILES string of the molecule is Cc1cc(Br)ccc1NC(=O)Cc1c(C)nn(-c2ccccc2)c1C. The zero-order chi connectivity index (χ0) is 18.0. The van der Waals surface area contributed by atoms with Gasteiger partial charge in [0.25, 0.3) is 0 Å². The van der Waals surface area contributed by atoms with Crippen LogP contribution in [0.1, 0.15) is 22.5 Å². The number of aromatic nitrogens is 2. The van der Waals surface area contributed by atoms with E-state index in [1.54, 1.807) is 0 Å². The van der Waals surface area contributed by atoms with Crippen LogP contribution in [0.2, 0.25) is 0 Å². The number of nitrogens with zero attached hydrogens (tertiary/aromatic N) is 2. The first-order valence-corrected chi connectivity index (χ1v) is 8.91. The molecular weight excluding hydrogens is 378 g/mol. The Kier molecular flexibility index (Phi) is 5.04.